The van der Waals surface area contributed by atoms with E-state index in [2.05, 4.69) is 12.2 Å². The third-order valence-corrected chi connectivity index (χ3v) is 7.86. The van der Waals surface area contributed by atoms with Gasteiger partial charge < -0.3 is 10.1 Å². The van der Waals surface area contributed by atoms with E-state index < -0.39 is 28.5 Å². The predicted molar refractivity (Wildman–Crippen MR) is 116 cm³/mol. The number of hydrogen-bond donors (Lipinski definition) is 1. The molecule has 1 aromatic heterocycles. The van der Waals surface area contributed by atoms with Gasteiger partial charge in [0.15, 0.2) is 6.61 Å². The number of benzene rings is 1. The van der Waals surface area contributed by atoms with Crippen molar-refractivity contribution in [2.45, 2.75) is 44.4 Å². The van der Waals surface area contributed by atoms with E-state index in [4.69, 9.17) is 4.74 Å². The first-order valence-corrected chi connectivity index (χ1v) is 12.2. The highest BCUT2D eigenvalue weighted by Gasteiger charge is 2.27. The summed E-state index contributed by atoms with van der Waals surface area (Å²) in [6.45, 7) is 4.61. The topological polar surface area (TPSA) is 92.8 Å². The lowest BCUT2D eigenvalue weighted by Gasteiger charge is -2.16. The summed E-state index contributed by atoms with van der Waals surface area (Å²) in [4.78, 5) is 26.1. The van der Waals surface area contributed by atoms with Gasteiger partial charge in [-0.2, -0.15) is 4.31 Å². The van der Waals surface area contributed by atoms with Crippen LogP contribution in [0.4, 0.5) is 5.69 Å². The average Bonchev–Trinajstić information content (AvgIpc) is 3.38. The Bertz CT molecular complexity index is 1020. The Morgan fingerprint density at radius 3 is 2.63 bits per heavy atom. The van der Waals surface area contributed by atoms with E-state index in [9.17, 15) is 18.0 Å². The average molecular weight is 451 g/mol. The molecule has 1 amide bonds. The molecule has 3 rings (SSSR count). The minimum Gasteiger partial charge on any atom is -0.451 e. The molecule has 1 fully saturated rings. The van der Waals surface area contributed by atoms with E-state index in [0.29, 0.717) is 23.7 Å². The van der Waals surface area contributed by atoms with Crippen LogP contribution in [-0.4, -0.2) is 44.3 Å². The molecule has 2 aromatic rings. The fraction of sp³-hybridized carbons (Fsp3) is 0.429. The van der Waals surface area contributed by atoms with Gasteiger partial charge >= 0.3 is 5.97 Å². The molecule has 7 nitrogen and oxygen atoms in total. The molecule has 1 aliphatic rings. The number of anilines is 1. The summed E-state index contributed by atoms with van der Waals surface area (Å²) in [5, 5.41) is 2.59. The van der Waals surface area contributed by atoms with Crippen molar-refractivity contribution in [3.8, 4) is 0 Å². The first-order valence-electron chi connectivity index (χ1n) is 9.97. The van der Waals surface area contributed by atoms with Crippen LogP contribution in [0.5, 0.6) is 0 Å². The Morgan fingerprint density at radius 1 is 1.20 bits per heavy atom. The Hall–Kier alpha value is -2.23. The van der Waals surface area contributed by atoms with Gasteiger partial charge in [0, 0.05) is 23.7 Å². The third kappa shape index (κ3) is 5.27. The number of rotatable bonds is 8. The van der Waals surface area contributed by atoms with Crippen molar-refractivity contribution in [3.05, 3.63) is 45.6 Å². The summed E-state index contributed by atoms with van der Waals surface area (Å²) < 4.78 is 31.9. The van der Waals surface area contributed by atoms with Crippen LogP contribution in [0.1, 0.15) is 46.3 Å². The van der Waals surface area contributed by atoms with Crippen LogP contribution < -0.4 is 5.32 Å². The van der Waals surface area contributed by atoms with Gasteiger partial charge in [0.25, 0.3) is 5.91 Å². The van der Waals surface area contributed by atoms with Crippen molar-refractivity contribution < 1.29 is 22.7 Å². The highest BCUT2D eigenvalue weighted by Crippen LogP contribution is 2.24. The smallest absolute Gasteiger partial charge is 0.348 e. The zero-order valence-corrected chi connectivity index (χ0v) is 18.8. The number of amides is 1. The number of sulfonamides is 1. The van der Waals surface area contributed by atoms with Crippen molar-refractivity contribution in [1.29, 1.82) is 0 Å². The molecule has 0 bridgehead atoms. The number of esters is 1. The van der Waals surface area contributed by atoms with Crippen molar-refractivity contribution in [2.75, 3.05) is 25.0 Å². The minimum atomic E-state index is -3.57. The number of carbonyl (C=O) groups excluding carboxylic acids is 2. The quantitative estimate of drug-likeness (QED) is 0.621. The lowest BCUT2D eigenvalue weighted by molar-refractivity contribution is -0.119. The van der Waals surface area contributed by atoms with E-state index in [1.807, 2.05) is 13.0 Å². The van der Waals surface area contributed by atoms with E-state index >= 15 is 0 Å². The van der Waals surface area contributed by atoms with Gasteiger partial charge in [0.1, 0.15) is 4.88 Å². The molecule has 162 valence electrons. The largest absolute Gasteiger partial charge is 0.451 e. The van der Waals surface area contributed by atoms with Crippen molar-refractivity contribution in [1.82, 2.24) is 4.31 Å². The number of hydrogen-bond acceptors (Lipinski definition) is 6. The maximum Gasteiger partial charge on any atom is 0.348 e. The molecule has 0 radical (unpaired) electrons. The SMILES string of the molecule is CCCc1cc(C(=O)OCC(=O)Nc2cccc(S(=O)(=O)N3CCCC3)c2)sc1C. The van der Waals surface area contributed by atoms with E-state index in [1.54, 1.807) is 12.1 Å². The predicted octanol–water partition coefficient (Wildman–Crippen LogP) is 3.59. The number of carbonyl (C=O) groups is 2. The Morgan fingerprint density at radius 2 is 1.93 bits per heavy atom. The van der Waals surface area contributed by atoms with Crippen LogP contribution in [0, 0.1) is 6.92 Å². The molecule has 1 saturated heterocycles. The van der Waals surface area contributed by atoms with E-state index in [-0.39, 0.29) is 4.90 Å². The Balaban J connectivity index is 1.58. The van der Waals surface area contributed by atoms with Gasteiger partial charge in [-0.1, -0.05) is 19.4 Å². The standard InChI is InChI=1S/C21H26N2O5S2/c1-3-7-16-12-19(29-15(16)2)21(25)28-14-20(24)22-17-8-6-9-18(13-17)30(26,27)23-10-4-5-11-23/h6,8-9,12-13H,3-5,7,10-11,14H2,1-2H3,(H,22,24). The van der Waals surface area contributed by atoms with Gasteiger partial charge in [-0.05, 0) is 56.0 Å². The number of ether oxygens (including phenoxy) is 1. The molecule has 0 unspecified atom stereocenters. The van der Waals surface area contributed by atoms with E-state index in [0.717, 1.165) is 36.1 Å². The second-order valence-electron chi connectivity index (χ2n) is 7.21. The molecule has 1 aromatic carbocycles. The van der Waals surface area contributed by atoms with Gasteiger partial charge in [-0.25, -0.2) is 13.2 Å². The molecule has 1 aliphatic heterocycles. The van der Waals surface area contributed by atoms with Gasteiger partial charge in [0.2, 0.25) is 10.0 Å². The van der Waals surface area contributed by atoms with Gasteiger partial charge in [0.05, 0.1) is 4.90 Å². The highest BCUT2D eigenvalue weighted by molar-refractivity contribution is 7.89. The monoisotopic (exact) mass is 450 g/mol. The van der Waals surface area contributed by atoms with Crippen LogP contribution in [0.25, 0.3) is 0 Å². The summed E-state index contributed by atoms with van der Waals surface area (Å²) >= 11 is 1.36. The second-order valence-corrected chi connectivity index (χ2v) is 10.4. The van der Waals surface area contributed by atoms with Gasteiger partial charge in [-0.3, -0.25) is 4.79 Å². The maximum atomic E-state index is 12.7. The highest BCUT2D eigenvalue weighted by atomic mass is 32.2. The van der Waals surface area contributed by atoms with Crippen LogP contribution in [0.15, 0.2) is 35.2 Å². The molecular formula is C21H26N2O5S2. The number of aryl methyl sites for hydroxylation is 2. The molecule has 9 heteroatoms. The number of nitrogens with zero attached hydrogens (tertiary/aromatic N) is 1. The molecule has 2 heterocycles. The first kappa shape index (κ1) is 22.5. The molecule has 0 atom stereocenters. The van der Waals surface area contributed by atoms with Crippen LogP contribution in [0.2, 0.25) is 0 Å². The normalized spacial score (nSPS) is 14.6. The van der Waals surface area contributed by atoms with Crippen LogP contribution in [0.3, 0.4) is 0 Å². The number of nitrogens with one attached hydrogen (secondary N) is 1. The van der Waals surface area contributed by atoms with Crippen LogP contribution in [-0.2, 0) is 26.0 Å². The fourth-order valence-electron chi connectivity index (χ4n) is 3.35. The summed E-state index contributed by atoms with van der Waals surface area (Å²) in [7, 11) is -3.57. The van der Waals surface area contributed by atoms with Crippen LogP contribution >= 0.6 is 11.3 Å². The second kappa shape index (κ2) is 9.72. The first-order chi connectivity index (χ1) is 14.3. The fourth-order valence-corrected chi connectivity index (χ4v) is 5.88. The third-order valence-electron chi connectivity index (χ3n) is 4.90. The molecule has 0 aliphatic carbocycles. The van der Waals surface area contributed by atoms with Crippen molar-refractivity contribution in [2.24, 2.45) is 0 Å². The number of thiophene rings is 1. The molecule has 0 saturated carbocycles. The summed E-state index contributed by atoms with van der Waals surface area (Å²) in [6, 6.07) is 7.93. The summed E-state index contributed by atoms with van der Waals surface area (Å²) in [5.41, 5.74) is 1.46. The van der Waals surface area contributed by atoms with Crippen molar-refractivity contribution in [3.63, 3.8) is 0 Å². The molecule has 30 heavy (non-hydrogen) atoms. The lowest BCUT2D eigenvalue weighted by Crippen LogP contribution is -2.28. The molecule has 1 N–H and O–H groups in total. The lowest BCUT2D eigenvalue weighted by atomic mass is 10.1. The zero-order valence-electron chi connectivity index (χ0n) is 17.1. The van der Waals surface area contributed by atoms with E-state index in [1.165, 1.54) is 27.8 Å². The zero-order chi connectivity index (χ0) is 21.7. The summed E-state index contributed by atoms with van der Waals surface area (Å²) in [6.07, 6.45) is 3.59. The molecular weight excluding hydrogens is 424 g/mol. The maximum absolute atomic E-state index is 12.7. The minimum absolute atomic E-state index is 0.136. The Labute approximate surface area is 181 Å². The molecule has 0 spiro atoms. The summed E-state index contributed by atoms with van der Waals surface area (Å²) in [5.74, 6) is -1.06. The van der Waals surface area contributed by atoms with Gasteiger partial charge in [-0.15, -0.1) is 11.3 Å². The van der Waals surface area contributed by atoms with Crippen molar-refractivity contribution >= 4 is 38.9 Å². The Kier molecular flexibility index (Phi) is 7.27.